The summed E-state index contributed by atoms with van der Waals surface area (Å²) in [6.45, 7) is 4.97. The molecule has 0 aromatic carbocycles. The molecule has 4 aliphatic carbocycles. The monoisotopic (exact) mass is 480 g/mol. The molecule has 170 valence electrons. The van der Waals surface area contributed by atoms with Crippen LogP contribution in [0.25, 0.3) is 0 Å². The Kier molecular flexibility index (Phi) is 6.76. The van der Waals surface area contributed by atoms with Crippen LogP contribution in [0.15, 0.2) is 23.8 Å². The molecule has 0 saturated heterocycles. The maximum atomic E-state index is 12.6. The van der Waals surface area contributed by atoms with E-state index in [1.807, 2.05) is 26.8 Å². The van der Waals surface area contributed by atoms with Gasteiger partial charge in [-0.2, -0.15) is 0 Å². The number of Topliss-reactive ketones (excluding diaryl/α,β-unsaturated/α-hetero) is 1. The Balaban J connectivity index is 0.00000160. The Labute approximate surface area is 194 Å². The quantitative estimate of drug-likeness (QED) is 0.527. The Morgan fingerprint density at radius 1 is 1.27 bits per heavy atom. The van der Waals surface area contributed by atoms with Gasteiger partial charge in [-0.1, -0.05) is 32.4 Å². The van der Waals surface area contributed by atoms with Gasteiger partial charge in [-0.05, 0) is 55.6 Å². The number of allylic oxidation sites excluding steroid dienone is 4. The Morgan fingerprint density at radius 2 is 1.90 bits per heavy atom. The van der Waals surface area contributed by atoms with Gasteiger partial charge in [-0.15, -0.1) is 36.4 Å². The van der Waals surface area contributed by atoms with Crippen LogP contribution < -0.4 is 0 Å². The summed E-state index contributed by atoms with van der Waals surface area (Å²) < 4.78 is 0. The minimum absolute atomic E-state index is 0. The largest absolute Gasteiger partial charge is 0.391 e. The fourth-order valence-electron chi connectivity index (χ4n) is 7.26. The van der Waals surface area contributed by atoms with Crippen LogP contribution in [0.2, 0.25) is 0 Å². The topological polar surface area (TPSA) is 94.8 Å². The first-order chi connectivity index (χ1) is 13.0. The zero-order valence-electron chi connectivity index (χ0n) is 17.4. The third kappa shape index (κ3) is 2.79. The van der Waals surface area contributed by atoms with Gasteiger partial charge in [0, 0.05) is 10.8 Å². The van der Waals surface area contributed by atoms with Crippen LogP contribution >= 0.6 is 36.4 Å². The van der Waals surface area contributed by atoms with Crippen molar-refractivity contribution in [1.82, 2.24) is 0 Å². The van der Waals surface area contributed by atoms with Crippen LogP contribution in [0, 0.1) is 28.6 Å². The molecule has 0 bridgehead atoms. The van der Waals surface area contributed by atoms with Crippen molar-refractivity contribution in [3.05, 3.63) is 23.8 Å². The molecule has 0 aromatic rings. The third-order valence-corrected chi connectivity index (χ3v) is 9.72. The van der Waals surface area contributed by atoms with Crippen molar-refractivity contribution in [2.24, 2.45) is 28.6 Å². The van der Waals surface area contributed by atoms with Crippen LogP contribution in [0.4, 0.5) is 0 Å². The zero-order valence-corrected chi connectivity index (χ0v) is 19.8. The number of halogens is 3. The van der Waals surface area contributed by atoms with Crippen molar-refractivity contribution in [1.29, 1.82) is 0 Å². The molecule has 0 radical (unpaired) electrons. The molecule has 3 fully saturated rings. The van der Waals surface area contributed by atoms with E-state index in [4.69, 9.17) is 11.6 Å². The summed E-state index contributed by atoms with van der Waals surface area (Å²) >= 11 is 7.30. The Morgan fingerprint density at radius 3 is 2.50 bits per heavy atom. The summed E-state index contributed by atoms with van der Waals surface area (Å²) in [4.78, 5) is 23.5. The van der Waals surface area contributed by atoms with Gasteiger partial charge in [0.1, 0.15) is 12.2 Å². The summed E-state index contributed by atoms with van der Waals surface area (Å²) in [5, 5.41) is 32.3. The summed E-state index contributed by atoms with van der Waals surface area (Å²) in [6, 6.07) is 0. The van der Waals surface area contributed by atoms with E-state index in [2.05, 4.69) is 0 Å². The van der Waals surface area contributed by atoms with E-state index in [1.54, 1.807) is 6.08 Å². The van der Waals surface area contributed by atoms with E-state index >= 15 is 0 Å². The number of hydrogen-bond acceptors (Lipinski definition) is 5. The van der Waals surface area contributed by atoms with E-state index in [-0.39, 0.29) is 54.8 Å². The lowest BCUT2D eigenvalue weighted by molar-refractivity contribution is -0.179. The maximum absolute atomic E-state index is 12.6. The summed E-state index contributed by atoms with van der Waals surface area (Å²) in [5.74, 6) is -1.15. The highest BCUT2D eigenvalue weighted by Crippen LogP contribution is 2.71. The van der Waals surface area contributed by atoms with E-state index in [0.29, 0.717) is 19.3 Å². The SMILES string of the molecule is C[C@H]1C[C@H]2[C@@H]3CCC4=CC(=O)C=C[C@]4(C)[C@@]3(Cl)[C@@H](O)C[C@]2(C)[C@@]1(O)C(=O)CO.Cl.Cl. The maximum Gasteiger partial charge on any atom is 0.190 e. The Bertz CT molecular complexity index is 813. The molecule has 0 aromatic heterocycles. The minimum Gasteiger partial charge on any atom is -0.391 e. The lowest BCUT2D eigenvalue weighted by Gasteiger charge is -2.63. The second kappa shape index (κ2) is 7.86. The number of fused-ring (bicyclic) bond motifs is 5. The van der Waals surface area contributed by atoms with Crippen molar-refractivity contribution in [3.8, 4) is 0 Å². The molecule has 4 aliphatic rings. The summed E-state index contributed by atoms with van der Waals surface area (Å²) in [6.07, 6.45) is 6.22. The lowest BCUT2D eigenvalue weighted by atomic mass is 9.45. The fourth-order valence-corrected chi connectivity index (χ4v) is 7.78. The molecular weight excluding hydrogens is 451 g/mol. The van der Waals surface area contributed by atoms with E-state index in [1.165, 1.54) is 6.08 Å². The van der Waals surface area contributed by atoms with Crippen molar-refractivity contribution >= 4 is 48.0 Å². The minimum atomic E-state index is -1.68. The fraction of sp³-hybridized carbons (Fsp3) is 0.727. The number of alkyl halides is 1. The van der Waals surface area contributed by atoms with Crippen LogP contribution in [0.5, 0.6) is 0 Å². The van der Waals surface area contributed by atoms with Crippen LogP contribution in [0.3, 0.4) is 0 Å². The molecule has 0 spiro atoms. The van der Waals surface area contributed by atoms with Gasteiger partial charge in [0.05, 0.1) is 11.0 Å². The molecule has 0 heterocycles. The molecule has 0 aliphatic heterocycles. The van der Waals surface area contributed by atoms with Crippen molar-refractivity contribution in [3.63, 3.8) is 0 Å². The molecule has 5 nitrogen and oxygen atoms in total. The number of ketones is 2. The van der Waals surface area contributed by atoms with E-state index < -0.39 is 39.8 Å². The Hall–Kier alpha value is -0.430. The molecule has 0 amide bonds. The first-order valence-electron chi connectivity index (χ1n) is 10.1. The van der Waals surface area contributed by atoms with Crippen molar-refractivity contribution in [2.75, 3.05) is 6.61 Å². The van der Waals surface area contributed by atoms with Crippen molar-refractivity contribution in [2.45, 2.75) is 63.0 Å². The smallest absolute Gasteiger partial charge is 0.190 e. The molecule has 8 atom stereocenters. The second-order valence-electron chi connectivity index (χ2n) is 9.75. The van der Waals surface area contributed by atoms with Crippen LogP contribution in [0.1, 0.15) is 46.5 Å². The highest BCUT2D eigenvalue weighted by atomic mass is 35.5. The molecule has 3 saturated carbocycles. The van der Waals surface area contributed by atoms with Crippen LogP contribution in [-0.2, 0) is 9.59 Å². The molecule has 4 rings (SSSR count). The van der Waals surface area contributed by atoms with Crippen LogP contribution in [-0.4, -0.2) is 50.1 Å². The number of hydrogen-bond donors (Lipinski definition) is 3. The van der Waals surface area contributed by atoms with Gasteiger partial charge in [-0.25, -0.2) is 0 Å². The molecule has 3 N–H and O–H groups in total. The summed E-state index contributed by atoms with van der Waals surface area (Å²) in [7, 11) is 0. The zero-order chi connectivity index (χ0) is 20.7. The number of carbonyl (C=O) groups is 2. The van der Waals surface area contributed by atoms with E-state index in [0.717, 1.165) is 5.57 Å². The molecule has 0 unspecified atom stereocenters. The third-order valence-electron chi connectivity index (χ3n) is 8.79. The van der Waals surface area contributed by atoms with Gasteiger partial charge in [0.2, 0.25) is 0 Å². The summed E-state index contributed by atoms with van der Waals surface area (Å²) in [5.41, 5.74) is -2.25. The molecule has 30 heavy (non-hydrogen) atoms. The predicted molar refractivity (Wildman–Crippen MR) is 119 cm³/mol. The normalized spacial score (nSPS) is 49.0. The number of aliphatic hydroxyl groups is 3. The van der Waals surface area contributed by atoms with Gasteiger partial charge in [-0.3, -0.25) is 9.59 Å². The first-order valence-corrected chi connectivity index (χ1v) is 10.5. The highest BCUT2D eigenvalue weighted by molar-refractivity contribution is 6.26. The molecular formula is C22H31Cl3O5. The molecule has 8 heteroatoms. The number of rotatable bonds is 2. The predicted octanol–water partition coefficient (Wildman–Crippen LogP) is 3.01. The van der Waals surface area contributed by atoms with Gasteiger partial charge >= 0.3 is 0 Å². The van der Waals surface area contributed by atoms with Gasteiger partial charge in [0.25, 0.3) is 0 Å². The highest BCUT2D eigenvalue weighted by Gasteiger charge is 2.74. The average molecular weight is 482 g/mol. The van der Waals surface area contributed by atoms with E-state index in [9.17, 15) is 24.9 Å². The van der Waals surface area contributed by atoms with Gasteiger partial charge < -0.3 is 15.3 Å². The first kappa shape index (κ1) is 25.8. The standard InChI is InChI=1S/C22H29ClO5.2ClH/c1-12-8-16-15-5-4-13-9-14(25)6-7-19(13,2)21(15,23)17(26)10-20(16,3)22(12,28)18(27)11-24;;/h6-7,9,12,15-17,24,26,28H,4-5,8,10-11H2,1-3H3;2*1H/t12-,15-,16-,17-,19-,20-,21-,22-;;/m0../s1. The van der Waals surface area contributed by atoms with Crippen molar-refractivity contribution < 1.29 is 24.9 Å². The van der Waals surface area contributed by atoms with Gasteiger partial charge in [0.15, 0.2) is 11.6 Å². The average Bonchev–Trinajstić information content (AvgIpc) is 2.84. The number of aliphatic hydroxyl groups excluding tert-OH is 2. The second-order valence-corrected chi connectivity index (χ2v) is 10.4. The number of carbonyl (C=O) groups excluding carboxylic acids is 2. The lowest BCUT2D eigenvalue weighted by Crippen LogP contribution is -2.69.